The first-order valence-electron chi connectivity index (χ1n) is 9.31. The van der Waals surface area contributed by atoms with Gasteiger partial charge < -0.3 is 33.7 Å². The Morgan fingerprint density at radius 3 is 2.36 bits per heavy atom. The lowest BCUT2D eigenvalue weighted by atomic mass is 9.76. The largest absolute Gasteiger partial charge is 0.493 e. The Kier molecular flexibility index (Phi) is 3.94. The molecule has 2 aromatic rings. The molecule has 1 atom stereocenters. The predicted octanol–water partition coefficient (Wildman–Crippen LogP) is 2.86. The topological polar surface area (TPSA) is 67.4 Å². The molecule has 7 nitrogen and oxygen atoms in total. The van der Waals surface area contributed by atoms with Crippen molar-refractivity contribution < 1.29 is 28.4 Å². The molecule has 0 saturated carbocycles. The van der Waals surface area contributed by atoms with Gasteiger partial charge in [0.15, 0.2) is 23.0 Å². The zero-order valence-electron chi connectivity index (χ0n) is 16.4. The first kappa shape index (κ1) is 17.3. The van der Waals surface area contributed by atoms with Gasteiger partial charge in [-0.2, -0.15) is 0 Å². The molecule has 1 aliphatic carbocycles. The second-order valence-electron chi connectivity index (χ2n) is 7.00. The Balaban J connectivity index is 1.89. The number of benzene rings is 2. The lowest BCUT2D eigenvalue weighted by molar-refractivity contribution is 0.171. The molecule has 28 heavy (non-hydrogen) atoms. The summed E-state index contributed by atoms with van der Waals surface area (Å²) in [5, 5.41) is 3.64. The summed E-state index contributed by atoms with van der Waals surface area (Å²) in [7, 11) is 6.60. The van der Waals surface area contributed by atoms with Gasteiger partial charge in [-0.25, -0.2) is 0 Å². The normalized spacial score (nSPS) is 18.2. The molecule has 148 valence electrons. The fourth-order valence-corrected chi connectivity index (χ4v) is 4.77. The van der Waals surface area contributed by atoms with E-state index < -0.39 is 0 Å². The maximum Gasteiger partial charge on any atom is 0.231 e. The van der Waals surface area contributed by atoms with Crippen LogP contribution in [0.2, 0.25) is 0 Å². The summed E-state index contributed by atoms with van der Waals surface area (Å²) in [6.07, 6.45) is 1.65. The smallest absolute Gasteiger partial charge is 0.231 e. The number of nitrogens with one attached hydrogen (secondary N) is 1. The molecule has 2 aromatic carbocycles. The Morgan fingerprint density at radius 2 is 1.64 bits per heavy atom. The minimum atomic E-state index is 0.140. The summed E-state index contributed by atoms with van der Waals surface area (Å²) >= 11 is 0. The van der Waals surface area contributed by atoms with E-state index in [0.717, 1.165) is 47.6 Å². The van der Waals surface area contributed by atoms with Crippen molar-refractivity contribution in [2.24, 2.45) is 0 Å². The number of methoxy groups -OCH3 is 4. The molecule has 0 radical (unpaired) electrons. The van der Waals surface area contributed by atoms with Crippen LogP contribution in [0.25, 0.3) is 11.1 Å². The molecule has 7 heteroatoms. The Morgan fingerprint density at radius 1 is 0.893 bits per heavy atom. The van der Waals surface area contributed by atoms with E-state index in [9.17, 15) is 0 Å². The lowest BCUT2D eigenvalue weighted by Gasteiger charge is -2.36. The molecule has 2 heterocycles. The van der Waals surface area contributed by atoms with Crippen molar-refractivity contribution in [3.8, 4) is 45.6 Å². The van der Waals surface area contributed by atoms with E-state index in [1.54, 1.807) is 28.4 Å². The van der Waals surface area contributed by atoms with Crippen LogP contribution in [0, 0.1) is 0 Å². The van der Waals surface area contributed by atoms with Gasteiger partial charge in [0.05, 0.1) is 28.4 Å². The molecule has 0 aromatic heterocycles. The van der Waals surface area contributed by atoms with E-state index >= 15 is 0 Å². The van der Waals surface area contributed by atoms with Crippen LogP contribution in [0.1, 0.15) is 22.7 Å². The van der Waals surface area contributed by atoms with Crippen molar-refractivity contribution in [1.82, 2.24) is 5.32 Å². The molecule has 1 N–H and O–H groups in total. The maximum atomic E-state index is 5.93. The van der Waals surface area contributed by atoms with E-state index in [1.807, 2.05) is 6.07 Å². The van der Waals surface area contributed by atoms with Crippen LogP contribution in [-0.2, 0) is 12.8 Å². The standard InChI is InChI=1S/C21H23NO6/c1-23-14-8-11-12(18(25-3)19(14)26-4)7-13-15-10(5-6-22-13)17(24-2)21-20(16(11)15)27-9-28-21/h8,13,22H,5-7,9H2,1-4H3. The molecule has 5 rings (SSSR count). The Labute approximate surface area is 163 Å². The van der Waals surface area contributed by atoms with Crippen molar-refractivity contribution in [2.45, 2.75) is 18.9 Å². The van der Waals surface area contributed by atoms with Gasteiger partial charge in [0.25, 0.3) is 0 Å². The molecule has 1 unspecified atom stereocenters. The van der Waals surface area contributed by atoms with Gasteiger partial charge in [-0.05, 0) is 36.6 Å². The van der Waals surface area contributed by atoms with E-state index in [2.05, 4.69) is 5.32 Å². The molecule has 0 spiro atoms. The van der Waals surface area contributed by atoms with E-state index in [4.69, 9.17) is 28.4 Å². The minimum absolute atomic E-state index is 0.140. The highest BCUT2D eigenvalue weighted by Crippen LogP contribution is 2.59. The number of hydrogen-bond donors (Lipinski definition) is 1. The van der Waals surface area contributed by atoms with Crippen LogP contribution in [0.15, 0.2) is 6.07 Å². The number of fused-ring (bicyclic) bond motifs is 4. The summed E-state index contributed by atoms with van der Waals surface area (Å²) in [6, 6.07) is 2.15. The fraction of sp³-hybridized carbons (Fsp3) is 0.429. The number of hydrogen-bond acceptors (Lipinski definition) is 7. The summed E-state index contributed by atoms with van der Waals surface area (Å²) in [6.45, 7) is 1.05. The van der Waals surface area contributed by atoms with Gasteiger partial charge in [-0.1, -0.05) is 0 Å². The maximum absolute atomic E-state index is 5.93. The molecule has 0 saturated heterocycles. The summed E-state index contributed by atoms with van der Waals surface area (Å²) in [4.78, 5) is 0. The average molecular weight is 385 g/mol. The van der Waals surface area contributed by atoms with E-state index in [-0.39, 0.29) is 12.8 Å². The molecule has 0 fully saturated rings. The van der Waals surface area contributed by atoms with Crippen LogP contribution >= 0.6 is 0 Å². The van der Waals surface area contributed by atoms with Crippen LogP contribution < -0.4 is 33.7 Å². The summed E-state index contributed by atoms with van der Waals surface area (Å²) < 4.78 is 34.4. The van der Waals surface area contributed by atoms with Crippen LogP contribution in [-0.4, -0.2) is 41.8 Å². The second kappa shape index (κ2) is 6.38. The zero-order chi connectivity index (χ0) is 19.4. The summed E-state index contributed by atoms with van der Waals surface area (Å²) in [5.74, 6) is 4.11. The molecule has 0 bridgehead atoms. The van der Waals surface area contributed by atoms with E-state index in [1.165, 1.54) is 11.1 Å². The SMILES string of the molecule is COc1cc2c(c(OC)c1OC)CC1NCCc3c(OC)c4c(c-2c31)OCO4. The highest BCUT2D eigenvalue weighted by atomic mass is 16.7. The third-order valence-corrected chi connectivity index (χ3v) is 5.84. The third kappa shape index (κ3) is 2.13. The highest BCUT2D eigenvalue weighted by Gasteiger charge is 2.40. The van der Waals surface area contributed by atoms with Gasteiger partial charge in [0.2, 0.25) is 18.3 Å². The van der Waals surface area contributed by atoms with Crippen molar-refractivity contribution in [3.05, 3.63) is 22.8 Å². The van der Waals surface area contributed by atoms with Crippen LogP contribution in [0.3, 0.4) is 0 Å². The van der Waals surface area contributed by atoms with Crippen molar-refractivity contribution in [2.75, 3.05) is 41.8 Å². The zero-order valence-corrected chi connectivity index (χ0v) is 16.4. The van der Waals surface area contributed by atoms with Crippen molar-refractivity contribution in [3.63, 3.8) is 0 Å². The van der Waals surface area contributed by atoms with Crippen LogP contribution in [0.5, 0.6) is 34.5 Å². The minimum Gasteiger partial charge on any atom is -0.493 e. The molecular weight excluding hydrogens is 362 g/mol. The molecular formula is C21H23NO6. The van der Waals surface area contributed by atoms with Gasteiger partial charge >= 0.3 is 0 Å². The molecule has 2 aliphatic heterocycles. The first-order valence-corrected chi connectivity index (χ1v) is 9.31. The highest BCUT2D eigenvalue weighted by molar-refractivity contribution is 5.89. The van der Waals surface area contributed by atoms with Crippen molar-refractivity contribution >= 4 is 0 Å². The Hall–Kier alpha value is -2.80. The second-order valence-corrected chi connectivity index (χ2v) is 7.00. The molecule has 0 amide bonds. The molecule has 3 aliphatic rings. The third-order valence-electron chi connectivity index (χ3n) is 5.84. The first-order chi connectivity index (χ1) is 13.7. The average Bonchev–Trinajstić information content (AvgIpc) is 3.21. The van der Waals surface area contributed by atoms with Gasteiger partial charge in [0.1, 0.15) is 0 Å². The monoisotopic (exact) mass is 385 g/mol. The predicted molar refractivity (Wildman–Crippen MR) is 102 cm³/mol. The van der Waals surface area contributed by atoms with Gasteiger partial charge in [0, 0.05) is 22.7 Å². The van der Waals surface area contributed by atoms with Crippen LogP contribution in [0.4, 0.5) is 0 Å². The van der Waals surface area contributed by atoms with Crippen molar-refractivity contribution in [1.29, 1.82) is 0 Å². The fourth-order valence-electron chi connectivity index (χ4n) is 4.77. The quantitative estimate of drug-likeness (QED) is 0.868. The summed E-state index contributed by atoms with van der Waals surface area (Å²) in [5.41, 5.74) is 5.52. The van der Waals surface area contributed by atoms with E-state index in [0.29, 0.717) is 23.0 Å². The lowest BCUT2D eigenvalue weighted by Crippen LogP contribution is -2.34. The Bertz CT molecular complexity index is 971. The van der Waals surface area contributed by atoms with Gasteiger partial charge in [-0.15, -0.1) is 0 Å². The van der Waals surface area contributed by atoms with Gasteiger partial charge in [-0.3, -0.25) is 0 Å². The number of rotatable bonds is 4. The number of ether oxygens (including phenoxy) is 6.